The maximum Gasteiger partial charge on any atom is 0.131 e. The van der Waals surface area contributed by atoms with Gasteiger partial charge < -0.3 is 5.73 Å². The van der Waals surface area contributed by atoms with Gasteiger partial charge in [-0.05, 0) is 18.9 Å². The molecular weight excluding hydrogens is 154 g/mol. The van der Waals surface area contributed by atoms with E-state index in [1.165, 1.54) is 0 Å². The molecule has 4 heteroatoms. The van der Waals surface area contributed by atoms with Crippen LogP contribution in [0.15, 0.2) is 0 Å². The van der Waals surface area contributed by atoms with E-state index in [0.29, 0.717) is 12.0 Å². The lowest BCUT2D eigenvalue weighted by Gasteiger charge is -2.19. The molecule has 0 fully saturated rings. The lowest BCUT2D eigenvalue weighted by atomic mass is 9.93. The number of hydrogen-bond donors (Lipinski definition) is 3. The molecule has 1 unspecified atom stereocenters. The lowest BCUT2D eigenvalue weighted by Crippen LogP contribution is -2.47. The third kappa shape index (κ3) is 7.94. The summed E-state index contributed by atoms with van der Waals surface area (Å²) < 4.78 is 0. The molecule has 0 amide bonds. The molecule has 4 nitrogen and oxygen atoms in total. The smallest absolute Gasteiger partial charge is 0.131 e. The van der Waals surface area contributed by atoms with E-state index in [0.717, 1.165) is 6.42 Å². The Morgan fingerprint density at radius 3 is 2.42 bits per heavy atom. The van der Waals surface area contributed by atoms with E-state index in [-0.39, 0.29) is 6.29 Å². The largest absolute Gasteiger partial charge is 0.302 e. The average molecular weight is 175 g/mol. The number of rotatable bonds is 5. The standard InChI is InChI=1S/C8H21N3O/c1-8(2,3)5-6-12-11-7(9)10-4/h7,10-11H,5-6,9H2,1-4H3. The quantitative estimate of drug-likeness (QED) is 0.322. The van der Waals surface area contributed by atoms with Crippen molar-refractivity contribution in [1.82, 2.24) is 10.8 Å². The molecule has 0 radical (unpaired) electrons. The first-order chi connectivity index (χ1) is 5.45. The summed E-state index contributed by atoms with van der Waals surface area (Å²) in [6, 6.07) is 0. The highest BCUT2D eigenvalue weighted by Crippen LogP contribution is 2.17. The highest BCUT2D eigenvalue weighted by atomic mass is 16.6. The molecule has 0 aliphatic rings. The Labute approximate surface area is 74.8 Å². The molecule has 0 heterocycles. The zero-order valence-corrected chi connectivity index (χ0v) is 8.48. The second-order valence-electron chi connectivity index (χ2n) is 4.04. The molecule has 4 N–H and O–H groups in total. The highest BCUT2D eigenvalue weighted by molar-refractivity contribution is 4.59. The van der Waals surface area contributed by atoms with Gasteiger partial charge in [-0.15, -0.1) is 0 Å². The Bertz CT molecular complexity index is 111. The summed E-state index contributed by atoms with van der Waals surface area (Å²) in [5.41, 5.74) is 8.46. The average Bonchev–Trinajstić information content (AvgIpc) is 1.96. The van der Waals surface area contributed by atoms with Crippen LogP contribution in [-0.2, 0) is 4.84 Å². The van der Waals surface area contributed by atoms with Crippen molar-refractivity contribution < 1.29 is 4.84 Å². The molecule has 0 aromatic rings. The molecule has 12 heavy (non-hydrogen) atoms. The van der Waals surface area contributed by atoms with E-state index in [1.54, 1.807) is 7.05 Å². The molecule has 0 spiro atoms. The zero-order chi connectivity index (χ0) is 9.61. The maximum absolute atomic E-state index is 5.48. The van der Waals surface area contributed by atoms with Gasteiger partial charge in [-0.2, -0.15) is 5.48 Å². The van der Waals surface area contributed by atoms with E-state index in [4.69, 9.17) is 10.6 Å². The maximum atomic E-state index is 5.48. The van der Waals surface area contributed by atoms with Gasteiger partial charge in [-0.1, -0.05) is 20.8 Å². The summed E-state index contributed by atoms with van der Waals surface area (Å²) in [6.45, 7) is 7.20. The fraction of sp³-hybridized carbons (Fsp3) is 1.00. The zero-order valence-electron chi connectivity index (χ0n) is 8.48. The van der Waals surface area contributed by atoms with Crippen LogP contribution in [0.2, 0.25) is 0 Å². The van der Waals surface area contributed by atoms with Gasteiger partial charge >= 0.3 is 0 Å². The molecule has 1 atom stereocenters. The van der Waals surface area contributed by atoms with Crippen LogP contribution in [0.1, 0.15) is 27.2 Å². The van der Waals surface area contributed by atoms with E-state index in [1.807, 2.05) is 0 Å². The van der Waals surface area contributed by atoms with Crippen molar-refractivity contribution >= 4 is 0 Å². The lowest BCUT2D eigenvalue weighted by molar-refractivity contribution is -0.00106. The SMILES string of the molecule is CNC(N)NOCCC(C)(C)C. The van der Waals surface area contributed by atoms with Crippen molar-refractivity contribution in [3.8, 4) is 0 Å². The van der Waals surface area contributed by atoms with E-state index < -0.39 is 0 Å². The highest BCUT2D eigenvalue weighted by Gasteiger charge is 2.09. The van der Waals surface area contributed by atoms with Crippen molar-refractivity contribution in [1.29, 1.82) is 0 Å². The van der Waals surface area contributed by atoms with Crippen LogP contribution in [0.4, 0.5) is 0 Å². The van der Waals surface area contributed by atoms with Crippen molar-refractivity contribution in [3.63, 3.8) is 0 Å². The van der Waals surface area contributed by atoms with Crippen LogP contribution in [0.25, 0.3) is 0 Å². The van der Waals surface area contributed by atoms with Crippen LogP contribution in [-0.4, -0.2) is 19.9 Å². The van der Waals surface area contributed by atoms with Crippen molar-refractivity contribution in [2.75, 3.05) is 13.7 Å². The predicted molar refractivity (Wildman–Crippen MR) is 50.2 cm³/mol. The van der Waals surface area contributed by atoms with Crippen molar-refractivity contribution in [2.45, 2.75) is 33.5 Å². The minimum atomic E-state index is -0.287. The van der Waals surface area contributed by atoms with Crippen LogP contribution in [0.5, 0.6) is 0 Å². The van der Waals surface area contributed by atoms with E-state index in [2.05, 4.69) is 31.6 Å². The van der Waals surface area contributed by atoms with Gasteiger partial charge in [0.2, 0.25) is 0 Å². The van der Waals surface area contributed by atoms with Crippen LogP contribution >= 0.6 is 0 Å². The van der Waals surface area contributed by atoms with Gasteiger partial charge in [0.25, 0.3) is 0 Å². The molecule has 0 bridgehead atoms. The normalized spacial score (nSPS) is 14.8. The summed E-state index contributed by atoms with van der Waals surface area (Å²) in [5.74, 6) is 0. The second kappa shape index (κ2) is 5.48. The summed E-state index contributed by atoms with van der Waals surface area (Å²) in [4.78, 5) is 5.12. The summed E-state index contributed by atoms with van der Waals surface area (Å²) >= 11 is 0. The topological polar surface area (TPSA) is 59.3 Å². The molecule has 0 aliphatic heterocycles. The monoisotopic (exact) mass is 175 g/mol. The van der Waals surface area contributed by atoms with E-state index in [9.17, 15) is 0 Å². The molecule has 0 saturated carbocycles. The first-order valence-corrected chi connectivity index (χ1v) is 4.26. The first kappa shape index (κ1) is 11.8. The summed E-state index contributed by atoms with van der Waals surface area (Å²) in [6.07, 6.45) is 0.723. The summed E-state index contributed by atoms with van der Waals surface area (Å²) in [5, 5.41) is 2.80. The van der Waals surface area contributed by atoms with Crippen molar-refractivity contribution in [3.05, 3.63) is 0 Å². The van der Waals surface area contributed by atoms with Gasteiger partial charge in [-0.3, -0.25) is 10.2 Å². The van der Waals surface area contributed by atoms with Crippen LogP contribution in [0, 0.1) is 5.41 Å². The molecule has 0 aromatic carbocycles. The van der Waals surface area contributed by atoms with Gasteiger partial charge in [-0.25, -0.2) is 0 Å². The van der Waals surface area contributed by atoms with Gasteiger partial charge in [0.05, 0.1) is 6.61 Å². The van der Waals surface area contributed by atoms with Crippen LogP contribution < -0.4 is 16.5 Å². The Balaban J connectivity index is 3.22. The molecule has 74 valence electrons. The van der Waals surface area contributed by atoms with Gasteiger partial charge in [0.1, 0.15) is 6.29 Å². The Morgan fingerprint density at radius 2 is 2.00 bits per heavy atom. The number of nitrogens with two attached hydrogens (primary N) is 1. The molecule has 0 aliphatic carbocycles. The Hall–Kier alpha value is -0.160. The predicted octanol–water partition coefficient (Wildman–Crippen LogP) is 0.405. The fourth-order valence-corrected chi connectivity index (χ4v) is 0.565. The number of nitrogens with one attached hydrogen (secondary N) is 2. The van der Waals surface area contributed by atoms with E-state index >= 15 is 0 Å². The Kier molecular flexibility index (Phi) is 5.41. The third-order valence-corrected chi connectivity index (χ3v) is 1.48. The van der Waals surface area contributed by atoms with Gasteiger partial charge in [0.15, 0.2) is 0 Å². The Morgan fingerprint density at radius 1 is 1.42 bits per heavy atom. The second-order valence-corrected chi connectivity index (χ2v) is 4.04. The number of hydroxylamine groups is 1. The van der Waals surface area contributed by atoms with Crippen molar-refractivity contribution in [2.24, 2.45) is 11.1 Å². The van der Waals surface area contributed by atoms with Crippen LogP contribution in [0.3, 0.4) is 0 Å². The molecule has 0 saturated heterocycles. The molecular formula is C8H21N3O. The molecule has 0 rings (SSSR count). The first-order valence-electron chi connectivity index (χ1n) is 4.26. The molecule has 0 aromatic heterocycles. The minimum absolute atomic E-state index is 0.287. The third-order valence-electron chi connectivity index (χ3n) is 1.48. The minimum Gasteiger partial charge on any atom is -0.302 e. The number of hydrogen-bond acceptors (Lipinski definition) is 4. The van der Waals surface area contributed by atoms with Gasteiger partial charge in [0, 0.05) is 0 Å². The summed E-state index contributed by atoms with van der Waals surface area (Å²) in [7, 11) is 1.77. The fourth-order valence-electron chi connectivity index (χ4n) is 0.565.